The highest BCUT2D eigenvalue weighted by molar-refractivity contribution is 7.98. The molecule has 1 aliphatic heterocycles. The van der Waals surface area contributed by atoms with Gasteiger partial charge in [0.1, 0.15) is 6.04 Å². The van der Waals surface area contributed by atoms with Crippen molar-refractivity contribution in [2.45, 2.75) is 24.4 Å². The first-order chi connectivity index (χ1) is 14.0. The zero-order chi connectivity index (χ0) is 20.6. The van der Waals surface area contributed by atoms with E-state index in [0.717, 1.165) is 30.2 Å². The van der Waals surface area contributed by atoms with Crippen molar-refractivity contribution in [1.82, 2.24) is 15.1 Å². The van der Waals surface area contributed by atoms with Gasteiger partial charge in [-0.3, -0.25) is 9.69 Å². The van der Waals surface area contributed by atoms with Crippen molar-refractivity contribution in [2.24, 2.45) is 0 Å². The number of piperazine rings is 1. The summed E-state index contributed by atoms with van der Waals surface area (Å²) in [5.74, 6) is -0.223. The van der Waals surface area contributed by atoms with E-state index in [9.17, 15) is 9.59 Å². The molecule has 1 saturated heterocycles. The zero-order valence-electron chi connectivity index (χ0n) is 16.9. The van der Waals surface area contributed by atoms with Crippen LogP contribution < -0.4 is 10.6 Å². The van der Waals surface area contributed by atoms with Gasteiger partial charge in [0, 0.05) is 43.3 Å². The maximum absolute atomic E-state index is 12.5. The van der Waals surface area contributed by atoms with Crippen molar-refractivity contribution in [1.29, 1.82) is 0 Å². The third-order valence-corrected chi connectivity index (χ3v) is 5.70. The number of nitrogens with zero attached hydrogens (tertiary/aromatic N) is 2. The number of hydrogen-bond acceptors (Lipinski definition) is 4. The first-order valence-corrected chi connectivity index (χ1v) is 11.0. The molecule has 1 unspecified atom stereocenters. The topological polar surface area (TPSA) is 64.7 Å². The lowest BCUT2D eigenvalue weighted by Gasteiger charge is -2.35. The fraction of sp³-hybridized carbons (Fsp3) is 0.364. The van der Waals surface area contributed by atoms with Crippen LogP contribution >= 0.6 is 11.8 Å². The van der Waals surface area contributed by atoms with Crippen LogP contribution in [0.5, 0.6) is 0 Å². The van der Waals surface area contributed by atoms with Crippen molar-refractivity contribution in [3.63, 3.8) is 0 Å². The molecule has 6 nitrogen and oxygen atoms in total. The van der Waals surface area contributed by atoms with Crippen molar-refractivity contribution in [3.8, 4) is 0 Å². The number of benzene rings is 2. The zero-order valence-corrected chi connectivity index (χ0v) is 17.7. The van der Waals surface area contributed by atoms with Crippen molar-refractivity contribution >= 4 is 29.4 Å². The summed E-state index contributed by atoms with van der Waals surface area (Å²) < 4.78 is 0. The van der Waals surface area contributed by atoms with Crippen LogP contribution in [0, 0.1) is 0 Å². The Balaban J connectivity index is 1.44. The highest BCUT2D eigenvalue weighted by Crippen LogP contribution is 2.19. The molecular weight excluding hydrogens is 384 g/mol. The monoisotopic (exact) mass is 412 g/mol. The summed E-state index contributed by atoms with van der Waals surface area (Å²) in [5.41, 5.74) is 2.01. The number of amides is 3. The van der Waals surface area contributed by atoms with E-state index in [1.807, 2.05) is 48.7 Å². The van der Waals surface area contributed by atoms with Crippen LogP contribution in [-0.2, 0) is 11.3 Å². The van der Waals surface area contributed by atoms with Gasteiger partial charge in [-0.1, -0.05) is 36.4 Å². The third-order valence-electron chi connectivity index (χ3n) is 4.98. The van der Waals surface area contributed by atoms with E-state index >= 15 is 0 Å². The van der Waals surface area contributed by atoms with Crippen LogP contribution in [0.4, 0.5) is 10.5 Å². The number of hydrogen-bond donors (Lipinski definition) is 2. The van der Waals surface area contributed by atoms with E-state index in [0.29, 0.717) is 13.1 Å². The van der Waals surface area contributed by atoms with Crippen LogP contribution in [0.15, 0.2) is 59.5 Å². The SMILES string of the molecule is CSc1cccc(NC(=O)C(C)NC(=O)N2CCN(Cc3ccccc3)CC2)c1. The highest BCUT2D eigenvalue weighted by Gasteiger charge is 2.24. The second-order valence-electron chi connectivity index (χ2n) is 7.14. The Hall–Kier alpha value is -2.51. The number of anilines is 1. The summed E-state index contributed by atoms with van der Waals surface area (Å²) in [4.78, 5) is 30.2. The van der Waals surface area contributed by atoms with Crippen LogP contribution in [0.25, 0.3) is 0 Å². The first-order valence-electron chi connectivity index (χ1n) is 9.82. The molecule has 154 valence electrons. The number of urea groups is 1. The number of carbonyl (C=O) groups is 2. The van der Waals surface area contributed by atoms with Gasteiger partial charge in [-0.15, -0.1) is 11.8 Å². The first kappa shape index (κ1) is 21.2. The van der Waals surface area contributed by atoms with Gasteiger partial charge in [-0.25, -0.2) is 4.79 Å². The summed E-state index contributed by atoms with van der Waals surface area (Å²) in [6.45, 7) is 5.56. The summed E-state index contributed by atoms with van der Waals surface area (Å²) >= 11 is 1.62. The van der Waals surface area contributed by atoms with Gasteiger partial charge >= 0.3 is 6.03 Å². The second-order valence-corrected chi connectivity index (χ2v) is 8.02. The van der Waals surface area contributed by atoms with Gasteiger partial charge in [-0.2, -0.15) is 0 Å². The molecule has 2 aromatic carbocycles. The van der Waals surface area contributed by atoms with E-state index < -0.39 is 6.04 Å². The number of nitrogens with one attached hydrogen (secondary N) is 2. The minimum atomic E-state index is -0.609. The van der Waals surface area contributed by atoms with E-state index in [4.69, 9.17) is 0 Å². The molecule has 2 N–H and O–H groups in total. The predicted molar refractivity (Wildman–Crippen MR) is 118 cm³/mol. The average molecular weight is 413 g/mol. The third kappa shape index (κ3) is 6.24. The van der Waals surface area contributed by atoms with Gasteiger partial charge < -0.3 is 15.5 Å². The maximum Gasteiger partial charge on any atom is 0.318 e. The van der Waals surface area contributed by atoms with Gasteiger partial charge in [0.25, 0.3) is 0 Å². The van der Waals surface area contributed by atoms with Crippen molar-refractivity contribution < 1.29 is 9.59 Å². The molecule has 1 heterocycles. The minimum Gasteiger partial charge on any atom is -0.326 e. The lowest BCUT2D eigenvalue weighted by molar-refractivity contribution is -0.117. The summed E-state index contributed by atoms with van der Waals surface area (Å²) in [6.07, 6.45) is 1.99. The fourth-order valence-corrected chi connectivity index (χ4v) is 3.70. The largest absolute Gasteiger partial charge is 0.326 e. The Morgan fingerprint density at radius 1 is 1.03 bits per heavy atom. The smallest absolute Gasteiger partial charge is 0.318 e. The van der Waals surface area contributed by atoms with E-state index in [1.54, 1.807) is 23.6 Å². The second kappa shape index (κ2) is 10.3. The fourth-order valence-electron chi connectivity index (χ4n) is 3.24. The van der Waals surface area contributed by atoms with Gasteiger partial charge in [0.05, 0.1) is 0 Å². The summed E-state index contributed by atoms with van der Waals surface area (Å²) in [5, 5.41) is 5.68. The Kier molecular flexibility index (Phi) is 7.55. The molecule has 29 heavy (non-hydrogen) atoms. The molecule has 7 heteroatoms. The summed E-state index contributed by atoms with van der Waals surface area (Å²) in [7, 11) is 0. The van der Waals surface area contributed by atoms with E-state index in [2.05, 4.69) is 27.7 Å². The molecule has 1 fully saturated rings. The average Bonchev–Trinajstić information content (AvgIpc) is 2.75. The minimum absolute atomic E-state index is 0.190. The molecule has 2 aromatic rings. The van der Waals surface area contributed by atoms with Crippen LogP contribution in [0.1, 0.15) is 12.5 Å². The molecule has 1 aliphatic rings. The number of carbonyl (C=O) groups excluding carboxylic acids is 2. The standard InChI is InChI=1S/C22H28N4O2S/c1-17(21(27)24-19-9-6-10-20(15-19)29-2)23-22(28)26-13-11-25(12-14-26)16-18-7-4-3-5-8-18/h3-10,15,17H,11-14,16H2,1-2H3,(H,23,28)(H,24,27). The molecule has 0 bridgehead atoms. The maximum atomic E-state index is 12.5. The molecule has 0 spiro atoms. The van der Waals surface area contributed by atoms with E-state index in [1.165, 1.54) is 5.56 Å². The Labute approximate surface area is 176 Å². The highest BCUT2D eigenvalue weighted by atomic mass is 32.2. The van der Waals surface area contributed by atoms with Gasteiger partial charge in [-0.05, 0) is 36.9 Å². The molecular formula is C22H28N4O2S. The number of thioether (sulfide) groups is 1. The normalized spacial score (nSPS) is 15.6. The molecule has 0 aromatic heterocycles. The van der Waals surface area contributed by atoms with Gasteiger partial charge in [0.2, 0.25) is 5.91 Å². The predicted octanol–water partition coefficient (Wildman–Crippen LogP) is 3.26. The quantitative estimate of drug-likeness (QED) is 0.715. The summed E-state index contributed by atoms with van der Waals surface area (Å²) in [6, 6.07) is 17.2. The van der Waals surface area contributed by atoms with E-state index in [-0.39, 0.29) is 11.9 Å². The molecule has 1 atom stereocenters. The lowest BCUT2D eigenvalue weighted by Crippen LogP contribution is -2.54. The van der Waals surface area contributed by atoms with Crippen molar-refractivity contribution in [2.75, 3.05) is 37.8 Å². The Morgan fingerprint density at radius 3 is 2.45 bits per heavy atom. The molecule has 0 saturated carbocycles. The van der Waals surface area contributed by atoms with Crippen LogP contribution in [-0.4, -0.2) is 60.2 Å². The van der Waals surface area contributed by atoms with Crippen LogP contribution in [0.3, 0.4) is 0 Å². The number of rotatable bonds is 6. The van der Waals surface area contributed by atoms with Gasteiger partial charge in [0.15, 0.2) is 0 Å². The molecule has 0 radical (unpaired) electrons. The Morgan fingerprint density at radius 2 is 1.76 bits per heavy atom. The van der Waals surface area contributed by atoms with Crippen LogP contribution in [0.2, 0.25) is 0 Å². The lowest BCUT2D eigenvalue weighted by atomic mass is 10.2. The van der Waals surface area contributed by atoms with Crippen molar-refractivity contribution in [3.05, 3.63) is 60.2 Å². The molecule has 3 rings (SSSR count). The molecule has 3 amide bonds. The Bertz CT molecular complexity index is 823. The molecule has 0 aliphatic carbocycles.